The Labute approximate surface area is 89.0 Å². The van der Waals surface area contributed by atoms with Crippen LogP contribution < -0.4 is 5.73 Å². The topological polar surface area (TPSA) is 38.9 Å². The van der Waals surface area contributed by atoms with E-state index in [-0.39, 0.29) is 12.4 Å². The van der Waals surface area contributed by atoms with Gasteiger partial charge in [0.05, 0.1) is 5.69 Å². The zero-order valence-electron chi connectivity index (χ0n) is 7.58. The molecular formula is C9H15ClN2S. The van der Waals surface area contributed by atoms with E-state index >= 15 is 0 Å². The van der Waals surface area contributed by atoms with Crippen LogP contribution in [0.3, 0.4) is 0 Å². The summed E-state index contributed by atoms with van der Waals surface area (Å²) in [5.74, 6) is 0. The van der Waals surface area contributed by atoms with Crippen molar-refractivity contribution in [1.82, 2.24) is 4.98 Å². The lowest BCUT2D eigenvalue weighted by Crippen LogP contribution is -1.95. The lowest BCUT2D eigenvalue weighted by Gasteiger charge is -1.90. The number of aromatic nitrogens is 1. The van der Waals surface area contributed by atoms with Gasteiger partial charge in [-0.3, -0.25) is 0 Å². The van der Waals surface area contributed by atoms with Gasteiger partial charge >= 0.3 is 0 Å². The van der Waals surface area contributed by atoms with Crippen LogP contribution in [0, 0.1) is 0 Å². The fourth-order valence-electron chi connectivity index (χ4n) is 1.67. The summed E-state index contributed by atoms with van der Waals surface area (Å²) in [6.07, 6.45) is 6.40. The number of fused-ring (bicyclic) bond motifs is 1. The molecule has 0 spiro atoms. The van der Waals surface area contributed by atoms with Crippen molar-refractivity contribution in [2.24, 2.45) is 5.73 Å². The first-order valence-electron chi connectivity index (χ1n) is 4.57. The average molecular weight is 219 g/mol. The Morgan fingerprint density at radius 1 is 1.23 bits per heavy atom. The van der Waals surface area contributed by atoms with Gasteiger partial charge in [-0.2, -0.15) is 0 Å². The summed E-state index contributed by atoms with van der Waals surface area (Å²) in [5, 5.41) is 1.11. The quantitative estimate of drug-likeness (QED) is 0.735. The van der Waals surface area contributed by atoms with Gasteiger partial charge in [0.15, 0.2) is 0 Å². The van der Waals surface area contributed by atoms with Crippen LogP contribution in [0.15, 0.2) is 0 Å². The van der Waals surface area contributed by atoms with E-state index in [2.05, 4.69) is 4.98 Å². The molecule has 0 radical (unpaired) electrons. The van der Waals surface area contributed by atoms with Gasteiger partial charge in [0.2, 0.25) is 0 Å². The molecule has 1 heterocycles. The van der Waals surface area contributed by atoms with E-state index in [0.29, 0.717) is 6.54 Å². The monoisotopic (exact) mass is 218 g/mol. The van der Waals surface area contributed by atoms with Crippen LogP contribution in [0.25, 0.3) is 0 Å². The molecule has 74 valence electrons. The molecule has 1 aliphatic rings. The molecule has 1 aromatic heterocycles. The number of halogens is 1. The van der Waals surface area contributed by atoms with Crippen LogP contribution in [-0.4, -0.2) is 4.98 Å². The third kappa shape index (κ3) is 2.42. The third-order valence-corrected chi connectivity index (χ3v) is 3.49. The minimum absolute atomic E-state index is 0. The summed E-state index contributed by atoms with van der Waals surface area (Å²) in [6.45, 7) is 0.609. The highest BCUT2D eigenvalue weighted by Crippen LogP contribution is 2.25. The van der Waals surface area contributed by atoms with Gasteiger partial charge in [0.25, 0.3) is 0 Å². The SMILES string of the molecule is Cl.NCc1nc2c(s1)CCCCC2. The Bertz CT molecular complexity index is 249. The lowest BCUT2D eigenvalue weighted by atomic mass is 10.2. The standard InChI is InChI=1S/C9H14N2S.ClH/c10-6-9-11-7-4-2-1-3-5-8(7)12-9;/h1-6,10H2;1H. The highest BCUT2D eigenvalue weighted by molar-refractivity contribution is 7.11. The Kier molecular flexibility index (Phi) is 4.16. The van der Waals surface area contributed by atoms with Gasteiger partial charge in [0, 0.05) is 11.4 Å². The molecular weight excluding hydrogens is 204 g/mol. The van der Waals surface area contributed by atoms with Crippen LogP contribution in [0.2, 0.25) is 0 Å². The Morgan fingerprint density at radius 2 is 2.00 bits per heavy atom. The molecule has 0 aliphatic heterocycles. The number of aryl methyl sites for hydroxylation is 2. The van der Waals surface area contributed by atoms with Crippen molar-refractivity contribution >= 4 is 23.7 Å². The number of thiazole rings is 1. The minimum atomic E-state index is 0. The maximum atomic E-state index is 5.55. The molecule has 0 saturated heterocycles. The predicted octanol–water partition coefficient (Wildman–Crippen LogP) is 2.29. The van der Waals surface area contributed by atoms with Crippen molar-refractivity contribution in [1.29, 1.82) is 0 Å². The van der Waals surface area contributed by atoms with Crippen molar-refractivity contribution in [2.45, 2.75) is 38.6 Å². The number of nitrogens with two attached hydrogens (primary N) is 1. The number of hydrogen-bond donors (Lipinski definition) is 1. The first kappa shape index (κ1) is 11.0. The van der Waals surface area contributed by atoms with Crippen molar-refractivity contribution < 1.29 is 0 Å². The van der Waals surface area contributed by atoms with Crippen molar-refractivity contribution in [3.8, 4) is 0 Å². The molecule has 0 unspecified atom stereocenters. The van der Waals surface area contributed by atoms with E-state index < -0.39 is 0 Å². The van der Waals surface area contributed by atoms with Crippen molar-refractivity contribution in [3.63, 3.8) is 0 Å². The molecule has 4 heteroatoms. The first-order chi connectivity index (χ1) is 5.90. The van der Waals surface area contributed by atoms with Gasteiger partial charge in [-0.05, 0) is 25.7 Å². The van der Waals surface area contributed by atoms with Gasteiger partial charge in [-0.25, -0.2) is 4.98 Å². The highest BCUT2D eigenvalue weighted by atomic mass is 35.5. The smallest absolute Gasteiger partial charge is 0.107 e. The Morgan fingerprint density at radius 3 is 2.77 bits per heavy atom. The Balaban J connectivity index is 0.000000845. The molecule has 2 N–H and O–H groups in total. The van der Waals surface area contributed by atoms with Crippen LogP contribution in [0.5, 0.6) is 0 Å². The van der Waals surface area contributed by atoms with E-state index in [9.17, 15) is 0 Å². The molecule has 2 nitrogen and oxygen atoms in total. The Hall–Kier alpha value is -0.120. The maximum Gasteiger partial charge on any atom is 0.107 e. The van der Waals surface area contributed by atoms with Crippen molar-refractivity contribution in [2.75, 3.05) is 0 Å². The van der Waals surface area contributed by atoms with Crippen molar-refractivity contribution in [3.05, 3.63) is 15.6 Å². The fraction of sp³-hybridized carbons (Fsp3) is 0.667. The number of hydrogen-bond acceptors (Lipinski definition) is 3. The average Bonchev–Trinajstić information content (AvgIpc) is 2.37. The molecule has 0 bridgehead atoms. The molecule has 0 amide bonds. The van der Waals surface area contributed by atoms with Crippen LogP contribution >= 0.6 is 23.7 Å². The summed E-state index contributed by atoms with van der Waals surface area (Å²) < 4.78 is 0. The van der Waals surface area contributed by atoms with Crippen LogP contribution in [-0.2, 0) is 19.4 Å². The molecule has 1 aliphatic carbocycles. The number of rotatable bonds is 1. The molecule has 0 aromatic carbocycles. The zero-order valence-corrected chi connectivity index (χ0v) is 9.22. The summed E-state index contributed by atoms with van der Waals surface area (Å²) in [5.41, 5.74) is 6.88. The van der Waals surface area contributed by atoms with Gasteiger partial charge in [-0.15, -0.1) is 23.7 Å². The molecule has 0 fully saturated rings. The largest absolute Gasteiger partial charge is 0.325 e. The first-order valence-corrected chi connectivity index (χ1v) is 5.39. The van der Waals surface area contributed by atoms with E-state index in [0.717, 1.165) is 5.01 Å². The third-order valence-electron chi connectivity index (χ3n) is 2.31. The summed E-state index contributed by atoms with van der Waals surface area (Å²) in [4.78, 5) is 6.02. The minimum Gasteiger partial charge on any atom is -0.325 e. The second kappa shape index (κ2) is 4.94. The molecule has 13 heavy (non-hydrogen) atoms. The summed E-state index contributed by atoms with van der Waals surface area (Å²) in [7, 11) is 0. The molecule has 0 saturated carbocycles. The number of nitrogens with zero attached hydrogens (tertiary/aromatic N) is 1. The fourth-order valence-corrected chi connectivity index (χ4v) is 2.71. The molecule has 0 atom stereocenters. The summed E-state index contributed by atoms with van der Waals surface area (Å²) >= 11 is 1.81. The van der Waals surface area contributed by atoms with Gasteiger partial charge < -0.3 is 5.73 Å². The second-order valence-corrected chi connectivity index (χ2v) is 4.41. The van der Waals surface area contributed by atoms with E-state index in [1.165, 1.54) is 42.7 Å². The predicted molar refractivity (Wildman–Crippen MR) is 58.5 cm³/mol. The highest BCUT2D eigenvalue weighted by Gasteiger charge is 2.12. The second-order valence-electron chi connectivity index (χ2n) is 3.24. The van der Waals surface area contributed by atoms with Crippen LogP contribution in [0.1, 0.15) is 34.8 Å². The maximum absolute atomic E-state index is 5.55. The van der Waals surface area contributed by atoms with E-state index in [4.69, 9.17) is 5.73 Å². The van der Waals surface area contributed by atoms with E-state index in [1.807, 2.05) is 11.3 Å². The normalized spacial score (nSPS) is 15.8. The molecule has 1 aromatic rings. The van der Waals surface area contributed by atoms with E-state index in [1.54, 1.807) is 0 Å². The van der Waals surface area contributed by atoms with Gasteiger partial charge in [0.1, 0.15) is 5.01 Å². The molecule has 2 rings (SSSR count). The lowest BCUT2D eigenvalue weighted by molar-refractivity contribution is 0.708. The van der Waals surface area contributed by atoms with Crippen LogP contribution in [0.4, 0.5) is 0 Å². The van der Waals surface area contributed by atoms with Gasteiger partial charge in [-0.1, -0.05) is 6.42 Å². The zero-order chi connectivity index (χ0) is 8.39. The summed E-state index contributed by atoms with van der Waals surface area (Å²) in [6, 6.07) is 0.